The minimum Gasteiger partial charge on any atom is -0.347 e. The third-order valence-electron chi connectivity index (χ3n) is 8.53. The molecule has 0 spiro atoms. The zero-order valence-electron chi connectivity index (χ0n) is 23.1. The van der Waals surface area contributed by atoms with Crippen LogP contribution in [-0.2, 0) is 10.8 Å². The van der Waals surface area contributed by atoms with Gasteiger partial charge in [0.2, 0.25) is 0 Å². The maximum absolute atomic E-state index is 9.85. The fourth-order valence-electron chi connectivity index (χ4n) is 6.46. The quantitative estimate of drug-likeness (QED) is 0.256. The van der Waals surface area contributed by atoms with Crippen molar-refractivity contribution >= 4 is 11.4 Å². The Bertz CT molecular complexity index is 1450. The Labute approximate surface area is 271 Å². The molecule has 0 radical (unpaired) electrons. The average molecular weight is 595 g/mol. The maximum atomic E-state index is 9.85. The van der Waals surface area contributed by atoms with Crippen LogP contribution in [-0.4, -0.2) is 14.1 Å². The van der Waals surface area contributed by atoms with Crippen LogP contribution >= 0.6 is 0 Å². The molecule has 2 heterocycles. The van der Waals surface area contributed by atoms with E-state index in [0.29, 0.717) is 0 Å². The number of hydrogen-bond donors (Lipinski definition) is 0. The minimum atomic E-state index is -0.126. The standard InChI is InChI=1S/C34H34N4.6CH4/c1-33(2)25-12-8-10-14-28(25)37(6)30(33)20-18-23-16-17-24(32(23)27(22-35)36-5)19-21-31-34(3,4)26-13-9-11-15-29(26)38(31)7;;;;;;/h8-15,18-21H,16-17H2,1-4,6-7H3;6*1H4. The van der Waals surface area contributed by atoms with Gasteiger partial charge in [-0.3, -0.25) is 0 Å². The van der Waals surface area contributed by atoms with Gasteiger partial charge in [0.25, 0.3) is 5.70 Å². The summed E-state index contributed by atoms with van der Waals surface area (Å²) in [4.78, 5) is 8.13. The summed E-state index contributed by atoms with van der Waals surface area (Å²) >= 11 is 0. The summed E-state index contributed by atoms with van der Waals surface area (Å²) < 4.78 is 0. The highest BCUT2D eigenvalue weighted by atomic mass is 15.2. The Morgan fingerprint density at radius 3 is 1.39 bits per heavy atom. The van der Waals surface area contributed by atoms with Gasteiger partial charge < -0.3 is 9.80 Å². The van der Waals surface area contributed by atoms with E-state index in [1.165, 1.54) is 33.9 Å². The lowest BCUT2D eigenvalue weighted by molar-refractivity contribution is 0.640. The van der Waals surface area contributed by atoms with Gasteiger partial charge in [-0.2, -0.15) is 0 Å². The van der Waals surface area contributed by atoms with Crippen LogP contribution in [0.2, 0.25) is 0 Å². The fraction of sp³-hybridized carbons (Fsp3) is 0.400. The van der Waals surface area contributed by atoms with Gasteiger partial charge >= 0.3 is 0 Å². The summed E-state index contributed by atoms with van der Waals surface area (Å²) in [5.41, 5.74) is 10.3. The van der Waals surface area contributed by atoms with E-state index in [4.69, 9.17) is 6.57 Å². The lowest BCUT2D eigenvalue weighted by atomic mass is 9.83. The Kier molecular flexibility index (Phi) is 14.7. The van der Waals surface area contributed by atoms with E-state index in [-0.39, 0.29) is 61.1 Å². The Morgan fingerprint density at radius 2 is 1.07 bits per heavy atom. The van der Waals surface area contributed by atoms with E-state index >= 15 is 0 Å². The molecule has 5 rings (SSSR count). The first-order valence-corrected chi connectivity index (χ1v) is 13.1. The first-order chi connectivity index (χ1) is 18.1. The summed E-state index contributed by atoms with van der Waals surface area (Å²) in [6.07, 6.45) is 10.2. The summed E-state index contributed by atoms with van der Waals surface area (Å²) in [7, 11) is 4.22. The molecule has 2 aromatic carbocycles. The molecule has 1 fully saturated rings. The van der Waals surface area contributed by atoms with E-state index in [9.17, 15) is 5.26 Å². The summed E-state index contributed by atoms with van der Waals surface area (Å²) in [6.45, 7) is 16.7. The number of para-hydroxylation sites is 2. The molecule has 2 aromatic rings. The molecule has 3 aliphatic rings. The molecule has 0 unspecified atom stereocenters. The molecule has 0 saturated heterocycles. The summed E-state index contributed by atoms with van der Waals surface area (Å²) in [5.74, 6) is 0. The third-order valence-corrected chi connectivity index (χ3v) is 8.53. The molecule has 2 aliphatic heterocycles. The number of hydrogen-bond acceptors (Lipinski definition) is 3. The van der Waals surface area contributed by atoms with Crippen LogP contribution in [0.1, 0.15) is 96.2 Å². The van der Waals surface area contributed by atoms with Crippen molar-refractivity contribution in [2.75, 3.05) is 23.9 Å². The van der Waals surface area contributed by atoms with Crippen LogP contribution < -0.4 is 9.80 Å². The second-order valence-electron chi connectivity index (χ2n) is 11.3. The van der Waals surface area contributed by atoms with E-state index < -0.39 is 0 Å². The van der Waals surface area contributed by atoms with Crippen LogP contribution in [0.4, 0.5) is 11.4 Å². The van der Waals surface area contributed by atoms with Crippen molar-refractivity contribution in [3.63, 3.8) is 0 Å². The number of allylic oxidation sites excluding steroid dienone is 10. The maximum Gasteiger partial charge on any atom is 0.269 e. The predicted molar refractivity (Wildman–Crippen MR) is 197 cm³/mol. The summed E-state index contributed by atoms with van der Waals surface area (Å²) in [6, 6.07) is 19.2. The largest absolute Gasteiger partial charge is 0.347 e. The van der Waals surface area contributed by atoms with Crippen LogP contribution in [0, 0.1) is 17.9 Å². The number of anilines is 2. The van der Waals surface area contributed by atoms with Crippen molar-refractivity contribution in [2.45, 2.75) is 95.9 Å². The van der Waals surface area contributed by atoms with Gasteiger partial charge in [0.05, 0.1) is 12.6 Å². The molecule has 0 amide bonds. The van der Waals surface area contributed by atoms with E-state index in [0.717, 1.165) is 29.6 Å². The third kappa shape index (κ3) is 6.46. The van der Waals surface area contributed by atoms with Crippen LogP contribution in [0.3, 0.4) is 0 Å². The van der Waals surface area contributed by atoms with Crippen LogP contribution in [0.15, 0.2) is 107 Å². The molecule has 238 valence electrons. The Hall–Kier alpha value is -4.28. The van der Waals surface area contributed by atoms with Crippen LogP contribution in [0.25, 0.3) is 4.85 Å². The number of likely N-dealkylation sites (N-methyl/N-ethyl adjacent to an activating group) is 2. The number of benzene rings is 2. The molecular weight excluding hydrogens is 536 g/mol. The number of fused-ring (bicyclic) bond motifs is 2. The molecule has 4 heteroatoms. The van der Waals surface area contributed by atoms with Gasteiger partial charge in [-0.05, 0) is 65.0 Å². The Morgan fingerprint density at radius 1 is 0.705 bits per heavy atom. The monoisotopic (exact) mass is 594 g/mol. The number of nitriles is 1. The first kappa shape index (κ1) is 41.9. The van der Waals surface area contributed by atoms with Crippen molar-refractivity contribution in [1.29, 1.82) is 5.26 Å². The van der Waals surface area contributed by atoms with Crippen molar-refractivity contribution in [3.05, 3.63) is 129 Å². The fourth-order valence-corrected chi connectivity index (χ4v) is 6.46. The smallest absolute Gasteiger partial charge is 0.269 e. The lowest BCUT2D eigenvalue weighted by Crippen LogP contribution is -2.22. The molecule has 4 nitrogen and oxygen atoms in total. The molecule has 0 aromatic heterocycles. The molecular formula is C40H58N4. The Balaban J connectivity index is 0. The van der Waals surface area contributed by atoms with Crippen LogP contribution in [0.5, 0.6) is 0 Å². The zero-order chi connectivity index (χ0) is 27.2. The number of nitrogens with zero attached hydrogens (tertiary/aromatic N) is 4. The molecule has 44 heavy (non-hydrogen) atoms. The van der Waals surface area contributed by atoms with E-state index in [1.807, 2.05) is 0 Å². The first-order valence-electron chi connectivity index (χ1n) is 13.1. The second-order valence-corrected chi connectivity index (χ2v) is 11.3. The normalized spacial score (nSPS) is 20.0. The molecule has 1 saturated carbocycles. The lowest BCUT2D eigenvalue weighted by Gasteiger charge is -2.24. The van der Waals surface area contributed by atoms with Crippen molar-refractivity contribution in [2.24, 2.45) is 0 Å². The minimum absolute atomic E-state index is 0. The highest BCUT2D eigenvalue weighted by molar-refractivity contribution is 5.72. The highest BCUT2D eigenvalue weighted by Gasteiger charge is 2.39. The average Bonchev–Trinajstić information content (AvgIpc) is 3.45. The SMILES string of the molecule is C.C.C.C.C.C.[C-]#[N+]C(C#N)=C1C(=CC=C2N(C)c3ccccc3C2(C)C)CCC1=CC=C1N(C)c2ccccc2C1(C)C. The second kappa shape index (κ2) is 15.4. The molecule has 0 N–H and O–H groups in total. The number of rotatable bonds is 2. The van der Waals surface area contributed by atoms with Gasteiger partial charge in [0, 0.05) is 47.7 Å². The van der Waals surface area contributed by atoms with Gasteiger partial charge in [0.15, 0.2) is 0 Å². The van der Waals surface area contributed by atoms with Crippen molar-refractivity contribution in [1.82, 2.24) is 0 Å². The van der Waals surface area contributed by atoms with Crippen molar-refractivity contribution in [3.8, 4) is 6.07 Å². The van der Waals surface area contributed by atoms with Gasteiger partial charge in [-0.1, -0.05) is 121 Å². The topological polar surface area (TPSA) is 34.6 Å². The summed E-state index contributed by atoms with van der Waals surface area (Å²) in [5, 5.41) is 9.85. The van der Waals surface area contributed by atoms with E-state index in [2.05, 4.69) is 135 Å². The highest BCUT2D eigenvalue weighted by Crippen LogP contribution is 2.48. The van der Waals surface area contributed by atoms with E-state index in [1.54, 1.807) is 0 Å². The molecule has 1 aliphatic carbocycles. The molecule has 0 bridgehead atoms. The van der Waals surface area contributed by atoms with Crippen molar-refractivity contribution < 1.29 is 0 Å². The van der Waals surface area contributed by atoms with Gasteiger partial charge in [-0.25, -0.2) is 10.1 Å². The van der Waals surface area contributed by atoms with Gasteiger partial charge in [0.1, 0.15) is 0 Å². The molecule has 0 atom stereocenters. The van der Waals surface area contributed by atoms with Gasteiger partial charge in [-0.15, -0.1) is 0 Å². The zero-order valence-corrected chi connectivity index (χ0v) is 23.1. The predicted octanol–water partition coefficient (Wildman–Crippen LogP) is 11.8.